The summed E-state index contributed by atoms with van der Waals surface area (Å²) in [5, 5.41) is 7.93. The molecule has 7 heavy (non-hydrogen) atoms. The Morgan fingerprint density at radius 1 is 1.71 bits per heavy atom. The first kappa shape index (κ1) is 9.80. The van der Waals surface area contributed by atoms with E-state index in [1.807, 2.05) is 0 Å². The molecule has 0 atom stereocenters. The Morgan fingerprint density at radius 3 is 2.43 bits per heavy atom. The number of hydrogen-bond acceptors (Lipinski definition) is 3. The highest BCUT2D eigenvalue weighted by atomic mass is 16.6. The van der Waals surface area contributed by atoms with Crippen molar-refractivity contribution in [1.82, 2.24) is 6.15 Å². The highest BCUT2D eigenvalue weighted by Crippen LogP contribution is 1.66. The third kappa shape index (κ3) is 10.7. The van der Waals surface area contributed by atoms with E-state index in [4.69, 9.17) is 5.11 Å². The molecule has 0 aromatic carbocycles. The first-order valence-corrected chi connectivity index (χ1v) is 1.71. The minimum absolute atomic E-state index is 0. The lowest BCUT2D eigenvalue weighted by Crippen LogP contribution is -1.89. The van der Waals surface area contributed by atoms with E-state index in [0.29, 0.717) is 6.61 Å². The van der Waals surface area contributed by atoms with Gasteiger partial charge in [0.1, 0.15) is 6.79 Å². The van der Waals surface area contributed by atoms with Gasteiger partial charge in [-0.25, -0.2) is 0 Å². The van der Waals surface area contributed by atoms with Crippen LogP contribution in [-0.2, 0) is 4.74 Å². The van der Waals surface area contributed by atoms with Gasteiger partial charge in [-0.15, -0.1) is 6.58 Å². The number of rotatable bonds is 3. The molecule has 0 radical (unpaired) electrons. The molecule has 0 saturated heterocycles. The highest BCUT2D eigenvalue weighted by Gasteiger charge is 1.68. The molecule has 0 aliphatic carbocycles. The normalized spacial score (nSPS) is 7.00. The summed E-state index contributed by atoms with van der Waals surface area (Å²) in [5.41, 5.74) is 0. The van der Waals surface area contributed by atoms with Crippen LogP contribution in [0, 0.1) is 0 Å². The Bertz CT molecular complexity index is 38.7. The Balaban J connectivity index is 0. The van der Waals surface area contributed by atoms with Crippen LogP contribution in [0.25, 0.3) is 0 Å². The Kier molecular flexibility index (Phi) is 12.8. The zero-order valence-corrected chi connectivity index (χ0v) is 4.26. The van der Waals surface area contributed by atoms with Crippen molar-refractivity contribution in [3.8, 4) is 0 Å². The molecule has 0 bridgehead atoms. The molecule has 4 N–H and O–H groups in total. The molecule has 44 valence electrons. The van der Waals surface area contributed by atoms with Gasteiger partial charge in [0.15, 0.2) is 0 Å². The van der Waals surface area contributed by atoms with Crippen molar-refractivity contribution in [2.45, 2.75) is 0 Å². The maximum Gasteiger partial charge on any atom is 0.143 e. The van der Waals surface area contributed by atoms with Crippen LogP contribution in [0.3, 0.4) is 0 Å². The standard InChI is InChI=1S/C4H8O2.H3N/c1-2-3-6-4-5;/h2,5H,1,3-4H2;1H3. The summed E-state index contributed by atoms with van der Waals surface area (Å²) in [6.45, 7) is 3.57. The molecule has 0 rings (SSSR count). The second-order valence-electron chi connectivity index (χ2n) is 0.789. The molecule has 0 unspecified atom stereocenters. The summed E-state index contributed by atoms with van der Waals surface area (Å²) >= 11 is 0. The van der Waals surface area contributed by atoms with Crippen LogP contribution in [0.5, 0.6) is 0 Å². The lowest BCUT2D eigenvalue weighted by atomic mass is 10.7. The number of aliphatic hydroxyl groups excluding tert-OH is 1. The fourth-order valence-electron chi connectivity index (χ4n) is 0.136. The van der Waals surface area contributed by atoms with Gasteiger partial charge in [-0.2, -0.15) is 0 Å². The van der Waals surface area contributed by atoms with Crippen molar-refractivity contribution in [3.63, 3.8) is 0 Å². The van der Waals surface area contributed by atoms with Gasteiger partial charge in [-0.3, -0.25) is 0 Å². The van der Waals surface area contributed by atoms with Crippen molar-refractivity contribution >= 4 is 0 Å². The van der Waals surface area contributed by atoms with Crippen molar-refractivity contribution in [2.75, 3.05) is 13.4 Å². The van der Waals surface area contributed by atoms with Gasteiger partial charge in [0, 0.05) is 0 Å². The van der Waals surface area contributed by atoms with Gasteiger partial charge < -0.3 is 16.0 Å². The van der Waals surface area contributed by atoms with Crippen LogP contribution in [0.2, 0.25) is 0 Å². The molecule has 0 saturated carbocycles. The van der Waals surface area contributed by atoms with Gasteiger partial charge in [0.25, 0.3) is 0 Å². The molecule has 0 aliphatic heterocycles. The topological polar surface area (TPSA) is 64.5 Å². The average molecular weight is 105 g/mol. The van der Waals surface area contributed by atoms with Crippen LogP contribution in [0.15, 0.2) is 12.7 Å². The van der Waals surface area contributed by atoms with Crippen molar-refractivity contribution in [3.05, 3.63) is 12.7 Å². The molecule has 0 aromatic rings. The predicted octanol–water partition coefficient (Wildman–Crippen LogP) is 0.301. The average Bonchev–Trinajstić information content (AvgIpc) is 1.61. The van der Waals surface area contributed by atoms with E-state index in [-0.39, 0.29) is 12.9 Å². The largest absolute Gasteiger partial charge is 0.371 e. The zero-order valence-electron chi connectivity index (χ0n) is 4.26. The van der Waals surface area contributed by atoms with Gasteiger partial charge in [-0.1, -0.05) is 6.08 Å². The quantitative estimate of drug-likeness (QED) is 0.308. The van der Waals surface area contributed by atoms with E-state index in [0.717, 1.165) is 0 Å². The SMILES string of the molecule is C=CCOCO.N. The summed E-state index contributed by atoms with van der Waals surface area (Å²) < 4.78 is 4.42. The summed E-state index contributed by atoms with van der Waals surface area (Å²) in [6, 6.07) is 0. The third-order valence-electron chi connectivity index (χ3n) is 0.327. The van der Waals surface area contributed by atoms with Gasteiger partial charge in [-0.05, 0) is 0 Å². The maximum absolute atomic E-state index is 7.93. The van der Waals surface area contributed by atoms with Crippen LogP contribution in [0.4, 0.5) is 0 Å². The second-order valence-corrected chi connectivity index (χ2v) is 0.789. The molecule has 0 fully saturated rings. The summed E-state index contributed by atoms with van der Waals surface area (Å²) in [4.78, 5) is 0. The molecular weight excluding hydrogens is 94.0 g/mol. The first-order chi connectivity index (χ1) is 2.91. The Labute approximate surface area is 43.2 Å². The van der Waals surface area contributed by atoms with Crippen LogP contribution in [0.1, 0.15) is 0 Å². The smallest absolute Gasteiger partial charge is 0.143 e. The molecule has 3 nitrogen and oxygen atoms in total. The fourth-order valence-corrected chi connectivity index (χ4v) is 0.136. The lowest BCUT2D eigenvalue weighted by molar-refractivity contribution is 0.0132. The molecule has 0 aromatic heterocycles. The number of hydrogen-bond donors (Lipinski definition) is 2. The third-order valence-corrected chi connectivity index (χ3v) is 0.327. The van der Waals surface area contributed by atoms with E-state index < -0.39 is 0 Å². The zero-order chi connectivity index (χ0) is 4.83. The van der Waals surface area contributed by atoms with Gasteiger partial charge in [0.2, 0.25) is 0 Å². The molecule has 0 heterocycles. The van der Waals surface area contributed by atoms with Crippen LogP contribution >= 0.6 is 0 Å². The van der Waals surface area contributed by atoms with E-state index >= 15 is 0 Å². The predicted molar refractivity (Wildman–Crippen MR) is 28.3 cm³/mol. The number of aliphatic hydroxyl groups is 1. The molecule has 0 spiro atoms. The molecular formula is C4H11NO2. The highest BCUT2D eigenvalue weighted by molar-refractivity contribution is 4.62. The van der Waals surface area contributed by atoms with Crippen LogP contribution in [-0.4, -0.2) is 18.5 Å². The van der Waals surface area contributed by atoms with E-state index in [1.54, 1.807) is 6.08 Å². The van der Waals surface area contributed by atoms with Crippen molar-refractivity contribution in [2.24, 2.45) is 0 Å². The molecule has 0 aliphatic rings. The summed E-state index contributed by atoms with van der Waals surface area (Å²) in [6.07, 6.45) is 1.58. The lowest BCUT2D eigenvalue weighted by Gasteiger charge is -1.87. The minimum Gasteiger partial charge on any atom is -0.371 e. The number of ether oxygens (including phenoxy) is 1. The first-order valence-electron chi connectivity index (χ1n) is 1.71. The van der Waals surface area contributed by atoms with Crippen molar-refractivity contribution in [1.29, 1.82) is 0 Å². The molecule has 3 heteroatoms. The van der Waals surface area contributed by atoms with Gasteiger partial charge >= 0.3 is 0 Å². The van der Waals surface area contributed by atoms with E-state index in [9.17, 15) is 0 Å². The second kappa shape index (κ2) is 9.15. The van der Waals surface area contributed by atoms with Crippen LogP contribution < -0.4 is 6.15 Å². The van der Waals surface area contributed by atoms with E-state index in [1.165, 1.54) is 0 Å². The minimum atomic E-state index is -0.216. The Hall–Kier alpha value is -0.380. The van der Waals surface area contributed by atoms with Gasteiger partial charge in [0.05, 0.1) is 6.61 Å². The summed E-state index contributed by atoms with van der Waals surface area (Å²) in [7, 11) is 0. The maximum atomic E-state index is 7.93. The monoisotopic (exact) mass is 105 g/mol. The Morgan fingerprint density at radius 2 is 2.29 bits per heavy atom. The van der Waals surface area contributed by atoms with E-state index in [2.05, 4.69) is 11.3 Å². The fraction of sp³-hybridized carbons (Fsp3) is 0.500. The molecule has 0 amide bonds. The van der Waals surface area contributed by atoms with Crippen molar-refractivity contribution < 1.29 is 9.84 Å². The summed E-state index contributed by atoms with van der Waals surface area (Å²) in [5.74, 6) is 0.